The van der Waals surface area contributed by atoms with Crippen molar-refractivity contribution >= 4 is 0 Å². The fourth-order valence-corrected chi connectivity index (χ4v) is 1.26. The van der Waals surface area contributed by atoms with E-state index in [1.54, 1.807) is 0 Å². The fraction of sp³-hybridized carbons (Fsp3) is 0.600. The molecule has 0 amide bonds. The van der Waals surface area contributed by atoms with Crippen LogP contribution >= 0.6 is 0 Å². The van der Waals surface area contributed by atoms with Crippen LogP contribution in [0.3, 0.4) is 0 Å². The zero-order chi connectivity index (χ0) is 12.1. The van der Waals surface area contributed by atoms with E-state index in [0.29, 0.717) is 0 Å². The molecule has 0 spiro atoms. The van der Waals surface area contributed by atoms with Crippen molar-refractivity contribution in [3.8, 4) is 0 Å². The quantitative estimate of drug-likeness (QED) is 0.624. The lowest BCUT2D eigenvalue weighted by atomic mass is 10.0. The summed E-state index contributed by atoms with van der Waals surface area (Å²) in [5, 5.41) is 0. The predicted octanol–water partition coefficient (Wildman–Crippen LogP) is 5.39. The zero-order valence-corrected chi connectivity index (χ0v) is 11.4. The largest absolute Gasteiger partial charge is 0.0683 e. The molecular formula is C15H28. The molecule has 0 atom stereocenters. The lowest BCUT2D eigenvalue weighted by Crippen LogP contribution is -1.87. The van der Waals surface area contributed by atoms with Gasteiger partial charge in [0.25, 0.3) is 0 Å². The van der Waals surface area contributed by atoms with Gasteiger partial charge in [0, 0.05) is 0 Å². The molecule has 15 heavy (non-hydrogen) atoms. The van der Waals surface area contributed by atoms with Crippen molar-refractivity contribution in [1.29, 1.82) is 0 Å². The topological polar surface area (TPSA) is 0 Å². The Bertz CT molecular complexity index is 213. The average Bonchev–Trinajstić information content (AvgIpc) is 2.33. The summed E-state index contributed by atoms with van der Waals surface area (Å²) in [5.74, 6) is 0. The van der Waals surface area contributed by atoms with Crippen LogP contribution in [0.15, 0.2) is 24.3 Å². The molecule has 0 saturated heterocycles. The Labute approximate surface area is 96.7 Å². The van der Waals surface area contributed by atoms with Crippen LogP contribution in [0.4, 0.5) is 0 Å². The third-order valence-corrected chi connectivity index (χ3v) is 2.06. The minimum atomic E-state index is 1.24. The fourth-order valence-electron chi connectivity index (χ4n) is 1.26. The van der Waals surface area contributed by atoms with Crippen LogP contribution in [-0.4, -0.2) is 0 Å². The van der Waals surface area contributed by atoms with Crippen LogP contribution in [-0.2, 0) is 6.42 Å². The van der Waals surface area contributed by atoms with Crippen molar-refractivity contribution in [3.05, 3.63) is 35.4 Å². The minimum Gasteiger partial charge on any atom is -0.0683 e. The van der Waals surface area contributed by atoms with Crippen LogP contribution in [0.2, 0.25) is 0 Å². The van der Waals surface area contributed by atoms with E-state index in [1.807, 2.05) is 27.7 Å². The van der Waals surface area contributed by atoms with Gasteiger partial charge in [0.1, 0.15) is 0 Å². The third kappa shape index (κ3) is 8.23. The molecule has 0 unspecified atom stereocenters. The van der Waals surface area contributed by atoms with Gasteiger partial charge in [-0.1, -0.05) is 65.3 Å². The van der Waals surface area contributed by atoms with Crippen LogP contribution < -0.4 is 0 Å². The Balaban J connectivity index is 0. The van der Waals surface area contributed by atoms with Crippen molar-refractivity contribution < 1.29 is 0 Å². The first-order chi connectivity index (χ1) is 7.34. The maximum absolute atomic E-state index is 2.23. The normalized spacial score (nSPS) is 8.13. The van der Waals surface area contributed by atoms with Crippen LogP contribution in [0, 0.1) is 6.92 Å². The second kappa shape index (κ2) is 13.2. The van der Waals surface area contributed by atoms with E-state index in [9.17, 15) is 0 Å². The lowest BCUT2D eigenvalue weighted by molar-refractivity contribution is 0.791. The van der Waals surface area contributed by atoms with E-state index in [0.717, 1.165) is 0 Å². The van der Waals surface area contributed by atoms with Gasteiger partial charge < -0.3 is 0 Å². The molecule has 0 radical (unpaired) electrons. The number of hydrogen-bond acceptors (Lipinski definition) is 0. The highest BCUT2D eigenvalue weighted by atomic mass is 14.0. The van der Waals surface area contributed by atoms with Gasteiger partial charge in [-0.2, -0.15) is 0 Å². The molecule has 1 aromatic carbocycles. The average molecular weight is 208 g/mol. The molecule has 0 heteroatoms. The SMILES string of the molecule is CC.CC.CCCCc1ccccc1C. The van der Waals surface area contributed by atoms with E-state index < -0.39 is 0 Å². The predicted molar refractivity (Wildman–Crippen MR) is 72.5 cm³/mol. The zero-order valence-electron chi connectivity index (χ0n) is 11.4. The van der Waals surface area contributed by atoms with Crippen molar-refractivity contribution in [2.75, 3.05) is 0 Å². The van der Waals surface area contributed by atoms with Gasteiger partial charge in [-0.15, -0.1) is 0 Å². The minimum absolute atomic E-state index is 1.24. The highest BCUT2D eigenvalue weighted by Gasteiger charge is 1.94. The Hall–Kier alpha value is -0.780. The second-order valence-electron chi connectivity index (χ2n) is 3.03. The first-order valence-electron chi connectivity index (χ1n) is 6.39. The smallest absolute Gasteiger partial charge is 0.0276 e. The molecule has 0 nitrogen and oxygen atoms in total. The molecule has 1 aromatic rings. The van der Waals surface area contributed by atoms with E-state index in [4.69, 9.17) is 0 Å². The molecular weight excluding hydrogens is 180 g/mol. The summed E-state index contributed by atoms with van der Waals surface area (Å²) in [4.78, 5) is 0. The van der Waals surface area contributed by atoms with Gasteiger partial charge in [0.2, 0.25) is 0 Å². The summed E-state index contributed by atoms with van der Waals surface area (Å²) in [7, 11) is 0. The molecule has 88 valence electrons. The van der Waals surface area contributed by atoms with Gasteiger partial charge in [0.15, 0.2) is 0 Å². The van der Waals surface area contributed by atoms with E-state index >= 15 is 0 Å². The highest BCUT2D eigenvalue weighted by Crippen LogP contribution is 2.09. The van der Waals surface area contributed by atoms with E-state index in [1.165, 1.54) is 30.4 Å². The Morgan fingerprint density at radius 2 is 1.47 bits per heavy atom. The van der Waals surface area contributed by atoms with Crippen molar-refractivity contribution in [1.82, 2.24) is 0 Å². The molecule has 0 heterocycles. The summed E-state index contributed by atoms with van der Waals surface area (Å²) in [6.07, 6.45) is 3.84. The third-order valence-electron chi connectivity index (χ3n) is 2.06. The van der Waals surface area contributed by atoms with Gasteiger partial charge >= 0.3 is 0 Å². The van der Waals surface area contributed by atoms with E-state index in [2.05, 4.69) is 38.1 Å². The van der Waals surface area contributed by atoms with Crippen molar-refractivity contribution in [3.63, 3.8) is 0 Å². The maximum atomic E-state index is 2.23. The van der Waals surface area contributed by atoms with Crippen molar-refractivity contribution in [2.24, 2.45) is 0 Å². The summed E-state index contributed by atoms with van der Waals surface area (Å²) < 4.78 is 0. The molecule has 0 aliphatic heterocycles. The summed E-state index contributed by atoms with van der Waals surface area (Å²) >= 11 is 0. The lowest BCUT2D eigenvalue weighted by Gasteiger charge is -2.02. The first-order valence-corrected chi connectivity index (χ1v) is 6.39. The Morgan fingerprint density at radius 3 is 1.93 bits per heavy atom. The molecule has 0 saturated carbocycles. The second-order valence-corrected chi connectivity index (χ2v) is 3.03. The van der Waals surface area contributed by atoms with Crippen molar-refractivity contribution in [2.45, 2.75) is 60.8 Å². The monoisotopic (exact) mass is 208 g/mol. The highest BCUT2D eigenvalue weighted by molar-refractivity contribution is 5.25. The number of rotatable bonds is 3. The molecule has 0 aliphatic carbocycles. The Morgan fingerprint density at radius 1 is 0.933 bits per heavy atom. The van der Waals surface area contributed by atoms with Gasteiger partial charge in [-0.05, 0) is 30.9 Å². The van der Waals surface area contributed by atoms with Gasteiger partial charge in [-0.25, -0.2) is 0 Å². The number of hydrogen-bond donors (Lipinski definition) is 0. The summed E-state index contributed by atoms with van der Waals surface area (Å²) in [6, 6.07) is 8.64. The number of aryl methyl sites for hydroxylation is 2. The Kier molecular flexibility index (Phi) is 14.7. The van der Waals surface area contributed by atoms with E-state index in [-0.39, 0.29) is 0 Å². The number of benzene rings is 1. The molecule has 0 bridgehead atoms. The van der Waals surface area contributed by atoms with Crippen LogP contribution in [0.25, 0.3) is 0 Å². The standard InChI is InChI=1S/C11H16.2C2H6/c1-3-4-8-11-9-6-5-7-10(11)2;2*1-2/h5-7,9H,3-4,8H2,1-2H3;2*1-2H3. The number of unbranched alkanes of at least 4 members (excludes halogenated alkanes) is 1. The van der Waals surface area contributed by atoms with Gasteiger partial charge in [0.05, 0.1) is 0 Å². The molecule has 1 rings (SSSR count). The molecule has 0 aliphatic rings. The van der Waals surface area contributed by atoms with Crippen LogP contribution in [0.1, 0.15) is 58.6 Å². The summed E-state index contributed by atoms with van der Waals surface area (Å²) in [5.41, 5.74) is 2.94. The van der Waals surface area contributed by atoms with Gasteiger partial charge in [-0.3, -0.25) is 0 Å². The first kappa shape index (κ1) is 16.6. The maximum Gasteiger partial charge on any atom is -0.0276 e. The molecule has 0 N–H and O–H groups in total. The summed E-state index contributed by atoms with van der Waals surface area (Å²) in [6.45, 7) is 12.4. The van der Waals surface area contributed by atoms with Crippen LogP contribution in [0.5, 0.6) is 0 Å². The molecule has 0 aromatic heterocycles. The molecule has 0 fully saturated rings.